The summed E-state index contributed by atoms with van der Waals surface area (Å²) in [5, 5.41) is 0. The second kappa shape index (κ2) is 30.2. The van der Waals surface area contributed by atoms with Crippen molar-refractivity contribution in [2.75, 3.05) is 40.6 Å². The Balaban J connectivity index is 4.14. The van der Waals surface area contributed by atoms with E-state index in [0.29, 0.717) is 0 Å². The van der Waals surface area contributed by atoms with E-state index in [1.54, 1.807) is 14.2 Å². The van der Waals surface area contributed by atoms with Gasteiger partial charge in [0, 0.05) is 40.6 Å². The van der Waals surface area contributed by atoms with E-state index in [2.05, 4.69) is 39.8 Å². The Morgan fingerprint density at radius 1 is 0.487 bits per heavy atom. The fourth-order valence-corrected chi connectivity index (χ4v) is 3.83. The van der Waals surface area contributed by atoms with Crippen LogP contribution in [0.5, 0.6) is 0 Å². The first-order valence-electron chi connectivity index (χ1n) is 15.7. The minimum absolute atomic E-state index is 0.0617. The lowest BCUT2D eigenvalue weighted by molar-refractivity contribution is -0.188. The van der Waals surface area contributed by atoms with Crippen molar-refractivity contribution in [2.24, 2.45) is 0 Å². The van der Waals surface area contributed by atoms with E-state index in [4.69, 9.17) is 33.2 Å². The zero-order valence-electron chi connectivity index (χ0n) is 26.2. The van der Waals surface area contributed by atoms with Crippen LogP contribution in [0.1, 0.15) is 118 Å². The molecule has 0 rings (SSSR count). The van der Waals surface area contributed by atoms with Gasteiger partial charge in [-0.15, -0.1) is 0 Å². The average molecular weight is 559 g/mol. The molecule has 0 N–H and O–H groups in total. The highest BCUT2D eigenvalue weighted by Gasteiger charge is 2.11. The van der Waals surface area contributed by atoms with Gasteiger partial charge in [-0.05, 0) is 89.2 Å². The highest BCUT2D eigenvalue weighted by molar-refractivity contribution is 4.89. The summed E-state index contributed by atoms with van der Waals surface area (Å²) in [7, 11) is 3.31. The lowest BCUT2D eigenvalue weighted by Crippen LogP contribution is -2.22. The molecule has 0 fully saturated rings. The van der Waals surface area contributed by atoms with E-state index in [1.165, 1.54) is 0 Å². The second-order valence-electron chi connectivity index (χ2n) is 9.82. The van der Waals surface area contributed by atoms with Crippen molar-refractivity contribution >= 4 is 0 Å². The summed E-state index contributed by atoms with van der Waals surface area (Å²) in [5.41, 5.74) is 0. The van der Waals surface area contributed by atoms with Crippen molar-refractivity contribution < 1.29 is 33.2 Å². The quantitative estimate of drug-likeness (QED) is 0.0499. The summed E-state index contributed by atoms with van der Waals surface area (Å²) < 4.78 is 40.1. The van der Waals surface area contributed by atoms with Crippen LogP contribution in [0.4, 0.5) is 0 Å². The fraction of sp³-hybridized carbons (Fsp3) is 0.875. The molecule has 232 valence electrons. The maximum atomic E-state index is 5.93. The highest BCUT2D eigenvalue weighted by atomic mass is 16.8. The second-order valence-corrected chi connectivity index (χ2v) is 9.82. The third-order valence-electron chi connectivity index (χ3n) is 5.97. The molecule has 0 aromatic heterocycles. The summed E-state index contributed by atoms with van der Waals surface area (Å²) in [5.74, 6) is 0. The van der Waals surface area contributed by atoms with Crippen LogP contribution in [-0.2, 0) is 33.2 Å². The summed E-state index contributed by atoms with van der Waals surface area (Å²) >= 11 is 0. The van der Waals surface area contributed by atoms with Crippen LogP contribution in [0.25, 0.3) is 0 Å². The molecular formula is C32H62O7. The molecule has 2 atom stereocenters. The molecule has 0 aliphatic heterocycles. The summed E-state index contributed by atoms with van der Waals surface area (Å²) in [4.78, 5) is 0. The molecule has 0 aromatic rings. The lowest BCUT2D eigenvalue weighted by Gasteiger charge is -2.18. The van der Waals surface area contributed by atoms with E-state index < -0.39 is 12.6 Å². The molecule has 0 aliphatic carbocycles. The summed E-state index contributed by atoms with van der Waals surface area (Å²) in [6, 6.07) is 0. The molecule has 39 heavy (non-hydrogen) atoms. The first-order chi connectivity index (χ1) is 19.1. The predicted octanol–water partition coefficient (Wildman–Crippen LogP) is 8.32. The van der Waals surface area contributed by atoms with E-state index in [-0.39, 0.29) is 12.6 Å². The van der Waals surface area contributed by atoms with E-state index in [9.17, 15) is 0 Å². The van der Waals surface area contributed by atoms with Crippen LogP contribution in [0, 0.1) is 0 Å². The van der Waals surface area contributed by atoms with Gasteiger partial charge >= 0.3 is 0 Å². The predicted molar refractivity (Wildman–Crippen MR) is 160 cm³/mol. The van der Waals surface area contributed by atoms with E-state index >= 15 is 0 Å². The van der Waals surface area contributed by atoms with Gasteiger partial charge in [0.2, 0.25) is 0 Å². The van der Waals surface area contributed by atoms with Crippen LogP contribution in [0.2, 0.25) is 0 Å². The monoisotopic (exact) mass is 558 g/mol. The largest absolute Gasteiger partial charge is 0.353 e. The topological polar surface area (TPSA) is 64.6 Å². The number of rotatable bonds is 30. The Morgan fingerprint density at radius 2 is 0.846 bits per heavy atom. The zero-order valence-corrected chi connectivity index (χ0v) is 26.2. The van der Waals surface area contributed by atoms with Gasteiger partial charge in [-0.2, -0.15) is 0 Å². The van der Waals surface area contributed by atoms with Crippen LogP contribution in [0.15, 0.2) is 24.3 Å². The fourth-order valence-electron chi connectivity index (χ4n) is 3.83. The third-order valence-corrected chi connectivity index (χ3v) is 5.97. The standard InChI is InChI=1S/C32H62O7/c1-7-25-35-31(36-26-8-2)23-19-15-11-13-17-21-29(33-5)39-30(34-6)22-18-14-12-16-20-24-32(37-27-9-3)38-28-10-4/h17-18,21-22,29-32H,7-16,19-20,23-28H2,1-6H3. The smallest absolute Gasteiger partial charge is 0.179 e. The summed E-state index contributed by atoms with van der Waals surface area (Å²) in [6.07, 6.45) is 21.9. The van der Waals surface area contributed by atoms with Crippen molar-refractivity contribution in [1.82, 2.24) is 0 Å². The average Bonchev–Trinajstić information content (AvgIpc) is 2.96. The van der Waals surface area contributed by atoms with Gasteiger partial charge in [-0.1, -0.05) is 52.7 Å². The van der Waals surface area contributed by atoms with Crippen molar-refractivity contribution in [2.45, 2.75) is 143 Å². The molecule has 0 saturated carbocycles. The van der Waals surface area contributed by atoms with Gasteiger partial charge in [0.05, 0.1) is 0 Å². The van der Waals surface area contributed by atoms with Gasteiger partial charge in [0.25, 0.3) is 0 Å². The van der Waals surface area contributed by atoms with Crippen molar-refractivity contribution in [3.63, 3.8) is 0 Å². The van der Waals surface area contributed by atoms with Crippen molar-refractivity contribution in [1.29, 1.82) is 0 Å². The number of hydrogen-bond donors (Lipinski definition) is 0. The lowest BCUT2D eigenvalue weighted by atomic mass is 10.1. The Kier molecular flexibility index (Phi) is 29.5. The van der Waals surface area contributed by atoms with Gasteiger partial charge in [-0.3, -0.25) is 0 Å². The number of allylic oxidation sites excluding steroid dienone is 2. The molecule has 0 amide bonds. The molecule has 0 saturated heterocycles. The van der Waals surface area contributed by atoms with E-state index in [1.807, 2.05) is 12.2 Å². The molecule has 0 aliphatic rings. The zero-order chi connectivity index (χ0) is 28.8. The van der Waals surface area contributed by atoms with Crippen molar-refractivity contribution in [3.05, 3.63) is 24.3 Å². The number of unbranched alkanes of at least 4 members (excludes halogenated alkanes) is 6. The first kappa shape index (κ1) is 38.2. The molecule has 0 heterocycles. The Morgan fingerprint density at radius 3 is 1.15 bits per heavy atom. The van der Waals surface area contributed by atoms with Gasteiger partial charge in [-0.25, -0.2) is 0 Å². The summed E-state index contributed by atoms with van der Waals surface area (Å²) in [6.45, 7) is 11.5. The van der Waals surface area contributed by atoms with Gasteiger partial charge < -0.3 is 33.2 Å². The molecule has 0 radical (unpaired) electrons. The van der Waals surface area contributed by atoms with Crippen LogP contribution < -0.4 is 0 Å². The molecular weight excluding hydrogens is 496 g/mol. The van der Waals surface area contributed by atoms with E-state index in [0.717, 1.165) is 116 Å². The minimum Gasteiger partial charge on any atom is -0.353 e. The number of ether oxygens (including phenoxy) is 7. The maximum absolute atomic E-state index is 5.93. The number of methoxy groups -OCH3 is 2. The maximum Gasteiger partial charge on any atom is 0.179 e. The van der Waals surface area contributed by atoms with Crippen LogP contribution in [-0.4, -0.2) is 65.8 Å². The Labute approximate surface area is 240 Å². The highest BCUT2D eigenvalue weighted by Crippen LogP contribution is 2.13. The first-order valence-corrected chi connectivity index (χ1v) is 15.7. The van der Waals surface area contributed by atoms with Gasteiger partial charge in [0.15, 0.2) is 25.2 Å². The molecule has 7 heteroatoms. The molecule has 0 bridgehead atoms. The van der Waals surface area contributed by atoms with Crippen molar-refractivity contribution in [3.8, 4) is 0 Å². The molecule has 0 spiro atoms. The minimum atomic E-state index is -0.433. The molecule has 0 aromatic carbocycles. The molecule has 2 unspecified atom stereocenters. The normalized spacial score (nSPS) is 13.9. The van der Waals surface area contributed by atoms with Crippen LogP contribution in [0.3, 0.4) is 0 Å². The third kappa shape index (κ3) is 24.7. The Bertz CT molecular complexity index is 479. The Hall–Kier alpha value is -0.800. The SMILES string of the molecule is CCCOC(CCCCCC=CC(OC)OC(C=CCCCCCC(OCCC)OCCC)OC)OCCC. The van der Waals surface area contributed by atoms with Gasteiger partial charge in [0.1, 0.15) is 0 Å². The molecule has 7 nitrogen and oxygen atoms in total. The number of hydrogen-bond acceptors (Lipinski definition) is 7. The van der Waals surface area contributed by atoms with Crippen LogP contribution >= 0.6 is 0 Å².